The Labute approximate surface area is 138 Å². The summed E-state index contributed by atoms with van der Waals surface area (Å²) in [6.07, 6.45) is 0.630. The standard InChI is InChI=1S/C18H17N3O3/c1-21-9-8-14(17(21)22)20-18(23)19-11-6-7-13-12-4-2-3-5-15(12)24-16(13)10-11/h2-7,10,14H,8-9H2,1H3,(H2,19,20,23)/t14-/m0/s1. The largest absolute Gasteiger partial charge is 0.456 e. The molecule has 1 atom stereocenters. The van der Waals surface area contributed by atoms with Gasteiger partial charge in [0.05, 0.1) is 0 Å². The Morgan fingerprint density at radius 2 is 1.96 bits per heavy atom. The Hall–Kier alpha value is -3.02. The lowest BCUT2D eigenvalue weighted by Crippen LogP contribution is -2.42. The number of hydrogen-bond donors (Lipinski definition) is 2. The number of benzene rings is 2. The number of carbonyl (C=O) groups is 2. The van der Waals surface area contributed by atoms with Crippen LogP contribution in [0.1, 0.15) is 6.42 Å². The number of nitrogens with one attached hydrogen (secondary N) is 2. The Bertz CT molecular complexity index is 947. The van der Waals surface area contributed by atoms with Gasteiger partial charge >= 0.3 is 6.03 Å². The van der Waals surface area contributed by atoms with Gasteiger partial charge in [0.1, 0.15) is 17.2 Å². The Kier molecular flexibility index (Phi) is 3.37. The SMILES string of the molecule is CN1CC[C@H](NC(=O)Nc2ccc3c(c2)oc2ccccc23)C1=O. The number of carbonyl (C=O) groups excluding carboxylic acids is 2. The molecule has 122 valence electrons. The number of hydrogen-bond acceptors (Lipinski definition) is 3. The van der Waals surface area contributed by atoms with Crippen molar-refractivity contribution in [1.82, 2.24) is 10.2 Å². The zero-order valence-corrected chi connectivity index (χ0v) is 13.2. The fraction of sp³-hybridized carbons (Fsp3) is 0.222. The minimum Gasteiger partial charge on any atom is -0.456 e. The van der Waals surface area contributed by atoms with Crippen molar-refractivity contribution < 1.29 is 14.0 Å². The lowest BCUT2D eigenvalue weighted by Gasteiger charge is -2.13. The molecule has 0 bridgehead atoms. The van der Waals surface area contributed by atoms with E-state index in [9.17, 15) is 9.59 Å². The van der Waals surface area contributed by atoms with E-state index in [1.807, 2.05) is 36.4 Å². The number of urea groups is 1. The third-order valence-corrected chi connectivity index (χ3v) is 4.37. The summed E-state index contributed by atoms with van der Waals surface area (Å²) >= 11 is 0. The average Bonchev–Trinajstić information content (AvgIpc) is 3.09. The van der Waals surface area contributed by atoms with E-state index in [0.29, 0.717) is 24.2 Å². The molecule has 1 aliphatic rings. The summed E-state index contributed by atoms with van der Waals surface area (Å²) in [4.78, 5) is 25.6. The van der Waals surface area contributed by atoms with E-state index < -0.39 is 6.04 Å². The molecule has 0 unspecified atom stereocenters. The van der Waals surface area contributed by atoms with Crippen molar-refractivity contribution in [3.05, 3.63) is 42.5 Å². The number of furan rings is 1. The summed E-state index contributed by atoms with van der Waals surface area (Å²) in [6.45, 7) is 0.661. The maximum Gasteiger partial charge on any atom is 0.319 e. The molecule has 6 heteroatoms. The van der Waals surface area contributed by atoms with Gasteiger partial charge in [0.15, 0.2) is 0 Å². The van der Waals surface area contributed by atoms with Crippen molar-refractivity contribution in [2.45, 2.75) is 12.5 Å². The number of likely N-dealkylation sites (N-methyl/N-ethyl adjacent to an activating group) is 1. The van der Waals surface area contributed by atoms with Gasteiger partial charge in [0.2, 0.25) is 5.91 Å². The topological polar surface area (TPSA) is 74.6 Å². The van der Waals surface area contributed by atoms with Crippen LogP contribution in [0.3, 0.4) is 0 Å². The molecular formula is C18H17N3O3. The van der Waals surface area contributed by atoms with Crippen molar-refractivity contribution >= 4 is 39.6 Å². The van der Waals surface area contributed by atoms with Gasteiger partial charge in [-0.25, -0.2) is 4.79 Å². The van der Waals surface area contributed by atoms with Gasteiger partial charge in [0.25, 0.3) is 0 Å². The Morgan fingerprint density at radius 3 is 2.75 bits per heavy atom. The molecule has 1 aromatic heterocycles. The molecule has 0 aliphatic carbocycles. The summed E-state index contributed by atoms with van der Waals surface area (Å²) in [5, 5.41) is 7.52. The summed E-state index contributed by atoms with van der Waals surface area (Å²) in [5.74, 6) is -0.0575. The van der Waals surface area contributed by atoms with Crippen molar-refractivity contribution in [1.29, 1.82) is 0 Å². The number of para-hydroxylation sites is 1. The Morgan fingerprint density at radius 1 is 1.17 bits per heavy atom. The smallest absolute Gasteiger partial charge is 0.319 e. The average molecular weight is 323 g/mol. The van der Waals surface area contributed by atoms with Crippen molar-refractivity contribution in [2.75, 3.05) is 18.9 Å². The maximum atomic E-state index is 12.1. The van der Waals surface area contributed by atoms with Crippen LogP contribution in [-0.2, 0) is 4.79 Å². The van der Waals surface area contributed by atoms with Crippen LogP contribution in [0.25, 0.3) is 21.9 Å². The summed E-state index contributed by atoms with van der Waals surface area (Å²) < 4.78 is 5.81. The van der Waals surface area contributed by atoms with Gasteiger partial charge in [-0.1, -0.05) is 18.2 Å². The van der Waals surface area contributed by atoms with Gasteiger partial charge in [-0.2, -0.15) is 0 Å². The van der Waals surface area contributed by atoms with E-state index in [1.54, 1.807) is 18.0 Å². The third kappa shape index (κ3) is 2.46. The second-order valence-electron chi connectivity index (χ2n) is 6.01. The zero-order chi connectivity index (χ0) is 16.7. The van der Waals surface area contributed by atoms with E-state index in [4.69, 9.17) is 4.42 Å². The first kappa shape index (κ1) is 14.6. The normalized spacial score (nSPS) is 17.6. The van der Waals surface area contributed by atoms with Crippen LogP contribution in [0, 0.1) is 0 Å². The minimum absolute atomic E-state index is 0.0575. The molecule has 1 fully saturated rings. The number of likely N-dealkylation sites (tertiary alicyclic amines) is 1. The number of anilines is 1. The molecule has 1 saturated heterocycles. The van der Waals surface area contributed by atoms with E-state index in [1.165, 1.54) is 0 Å². The highest BCUT2D eigenvalue weighted by molar-refractivity contribution is 6.06. The van der Waals surface area contributed by atoms with Crippen LogP contribution in [0.2, 0.25) is 0 Å². The molecule has 3 aromatic rings. The molecule has 0 spiro atoms. The highest BCUT2D eigenvalue weighted by atomic mass is 16.3. The van der Waals surface area contributed by atoms with Crippen LogP contribution in [0.15, 0.2) is 46.9 Å². The van der Waals surface area contributed by atoms with Crippen molar-refractivity contribution in [3.63, 3.8) is 0 Å². The molecule has 2 aromatic carbocycles. The second kappa shape index (κ2) is 5.56. The fourth-order valence-electron chi connectivity index (χ4n) is 3.09. The predicted molar refractivity (Wildman–Crippen MR) is 91.9 cm³/mol. The van der Waals surface area contributed by atoms with Gasteiger partial charge in [0, 0.05) is 36.1 Å². The van der Waals surface area contributed by atoms with Crippen LogP contribution in [0.5, 0.6) is 0 Å². The van der Waals surface area contributed by atoms with E-state index in [0.717, 1.165) is 16.4 Å². The van der Waals surface area contributed by atoms with Crippen LogP contribution in [0.4, 0.5) is 10.5 Å². The number of fused-ring (bicyclic) bond motifs is 3. The predicted octanol–water partition coefficient (Wildman–Crippen LogP) is 2.94. The molecule has 0 saturated carbocycles. The first-order valence-corrected chi connectivity index (χ1v) is 7.85. The van der Waals surface area contributed by atoms with Crippen LogP contribution in [-0.4, -0.2) is 36.5 Å². The first-order valence-electron chi connectivity index (χ1n) is 7.85. The molecule has 24 heavy (non-hydrogen) atoms. The Balaban J connectivity index is 1.53. The number of amides is 3. The van der Waals surface area contributed by atoms with Crippen LogP contribution >= 0.6 is 0 Å². The quantitative estimate of drug-likeness (QED) is 0.761. The highest BCUT2D eigenvalue weighted by Gasteiger charge is 2.30. The molecule has 4 rings (SSSR count). The van der Waals surface area contributed by atoms with E-state index >= 15 is 0 Å². The van der Waals surface area contributed by atoms with Gasteiger partial charge in [-0.3, -0.25) is 4.79 Å². The molecule has 1 aliphatic heterocycles. The van der Waals surface area contributed by atoms with E-state index in [2.05, 4.69) is 10.6 Å². The first-order chi connectivity index (χ1) is 11.6. The second-order valence-corrected chi connectivity index (χ2v) is 6.01. The number of nitrogens with zero attached hydrogens (tertiary/aromatic N) is 1. The minimum atomic E-state index is -0.454. The van der Waals surface area contributed by atoms with Crippen molar-refractivity contribution in [2.24, 2.45) is 0 Å². The van der Waals surface area contributed by atoms with Crippen LogP contribution < -0.4 is 10.6 Å². The lowest BCUT2D eigenvalue weighted by molar-refractivity contribution is -0.128. The summed E-state index contributed by atoms with van der Waals surface area (Å²) in [6, 6.07) is 12.5. The fourth-order valence-corrected chi connectivity index (χ4v) is 3.09. The summed E-state index contributed by atoms with van der Waals surface area (Å²) in [5.41, 5.74) is 2.15. The molecule has 2 heterocycles. The highest BCUT2D eigenvalue weighted by Crippen LogP contribution is 2.30. The molecule has 6 nitrogen and oxygen atoms in total. The van der Waals surface area contributed by atoms with Gasteiger partial charge in [-0.05, 0) is 24.6 Å². The van der Waals surface area contributed by atoms with Gasteiger partial charge in [-0.15, -0.1) is 0 Å². The molecule has 0 radical (unpaired) electrons. The maximum absolute atomic E-state index is 12.1. The number of rotatable bonds is 2. The molecule has 2 N–H and O–H groups in total. The van der Waals surface area contributed by atoms with Crippen molar-refractivity contribution in [3.8, 4) is 0 Å². The summed E-state index contributed by atoms with van der Waals surface area (Å²) in [7, 11) is 1.73. The molecule has 3 amide bonds. The van der Waals surface area contributed by atoms with Gasteiger partial charge < -0.3 is 20.0 Å². The zero-order valence-electron chi connectivity index (χ0n) is 13.2. The van der Waals surface area contributed by atoms with E-state index in [-0.39, 0.29) is 11.9 Å². The molecular weight excluding hydrogens is 306 g/mol. The monoisotopic (exact) mass is 323 g/mol. The lowest BCUT2D eigenvalue weighted by atomic mass is 10.1. The third-order valence-electron chi connectivity index (χ3n) is 4.37.